The maximum absolute atomic E-state index is 9.24. The first-order valence-corrected chi connectivity index (χ1v) is 5.86. The average Bonchev–Trinajstić information content (AvgIpc) is 2.29. The van der Waals surface area contributed by atoms with Crippen LogP contribution in [0.4, 0.5) is 0 Å². The quantitative estimate of drug-likeness (QED) is 0.765. The summed E-state index contributed by atoms with van der Waals surface area (Å²) in [4.78, 5) is 0. The van der Waals surface area contributed by atoms with Crippen LogP contribution in [-0.2, 0) is 0 Å². The van der Waals surface area contributed by atoms with Crippen LogP contribution in [-0.4, -0.2) is 11.7 Å². The van der Waals surface area contributed by atoms with Gasteiger partial charge in [0.15, 0.2) is 0 Å². The molecule has 1 N–H and O–H groups in total. The Balaban J connectivity index is 2.19. The van der Waals surface area contributed by atoms with Crippen molar-refractivity contribution in [2.75, 3.05) is 6.61 Å². The minimum absolute atomic E-state index is 0.216. The number of phenols is 1. The molecule has 0 aromatic heterocycles. The lowest BCUT2D eigenvalue weighted by atomic mass is 9.89. The van der Waals surface area contributed by atoms with E-state index in [1.54, 1.807) is 18.2 Å². The minimum atomic E-state index is -0.245. The van der Waals surface area contributed by atoms with Gasteiger partial charge in [-0.05, 0) is 45.2 Å². The molecule has 0 atom stereocenters. The van der Waals surface area contributed by atoms with Crippen molar-refractivity contribution in [2.45, 2.75) is 33.1 Å². The predicted molar refractivity (Wildman–Crippen MR) is 66.8 cm³/mol. The molecule has 0 aliphatic carbocycles. The second-order valence-electron chi connectivity index (χ2n) is 4.80. The van der Waals surface area contributed by atoms with E-state index in [-0.39, 0.29) is 11.2 Å². The van der Waals surface area contributed by atoms with Crippen LogP contribution in [0.25, 0.3) is 0 Å². The third-order valence-electron chi connectivity index (χ3n) is 2.59. The van der Waals surface area contributed by atoms with Gasteiger partial charge in [0.1, 0.15) is 11.5 Å². The van der Waals surface area contributed by atoms with Crippen LogP contribution in [0, 0.1) is 16.7 Å². The second-order valence-corrected chi connectivity index (χ2v) is 4.80. The van der Waals surface area contributed by atoms with Gasteiger partial charge in [0.25, 0.3) is 0 Å². The van der Waals surface area contributed by atoms with E-state index in [0.717, 1.165) is 19.3 Å². The number of phenolic OH excluding ortho intramolecular Hbond substituents is 1. The van der Waals surface area contributed by atoms with E-state index < -0.39 is 0 Å². The maximum Gasteiger partial charge on any atom is 0.122 e. The standard InChI is InChI=1S/C14H19NO2/c1-14(2,11-15)8-3-4-9-17-13-7-5-6-12(16)10-13/h5-7,10,16H,3-4,8-9H2,1-2H3. The molecule has 0 heterocycles. The molecule has 0 spiro atoms. The number of ether oxygens (including phenoxy) is 1. The summed E-state index contributed by atoms with van der Waals surface area (Å²) in [6.07, 6.45) is 2.77. The zero-order valence-electron chi connectivity index (χ0n) is 10.4. The molecule has 3 heteroatoms. The van der Waals surface area contributed by atoms with Gasteiger partial charge in [-0.1, -0.05) is 6.07 Å². The van der Waals surface area contributed by atoms with Crippen molar-refractivity contribution in [2.24, 2.45) is 5.41 Å². The van der Waals surface area contributed by atoms with Crippen molar-refractivity contribution < 1.29 is 9.84 Å². The van der Waals surface area contributed by atoms with Gasteiger partial charge in [-0.3, -0.25) is 0 Å². The van der Waals surface area contributed by atoms with Crippen molar-refractivity contribution in [3.8, 4) is 17.6 Å². The number of hydrogen-bond acceptors (Lipinski definition) is 3. The third-order valence-corrected chi connectivity index (χ3v) is 2.59. The first-order chi connectivity index (χ1) is 8.03. The lowest BCUT2D eigenvalue weighted by Crippen LogP contribution is -2.08. The summed E-state index contributed by atoms with van der Waals surface area (Å²) in [6.45, 7) is 4.51. The topological polar surface area (TPSA) is 53.2 Å². The Labute approximate surface area is 103 Å². The molecule has 92 valence electrons. The molecule has 1 rings (SSSR count). The van der Waals surface area contributed by atoms with E-state index in [9.17, 15) is 5.11 Å². The van der Waals surface area contributed by atoms with Crippen LogP contribution in [0.5, 0.6) is 11.5 Å². The Hall–Kier alpha value is -1.69. The molecule has 0 saturated heterocycles. The number of nitriles is 1. The average molecular weight is 233 g/mol. The summed E-state index contributed by atoms with van der Waals surface area (Å²) in [7, 11) is 0. The molecule has 0 bridgehead atoms. The monoisotopic (exact) mass is 233 g/mol. The normalized spacial score (nSPS) is 10.9. The molecular formula is C14H19NO2. The molecule has 0 amide bonds. The first-order valence-electron chi connectivity index (χ1n) is 5.86. The SMILES string of the molecule is CC(C)(C#N)CCCCOc1cccc(O)c1. The number of rotatable bonds is 6. The van der Waals surface area contributed by atoms with Gasteiger partial charge in [-0.2, -0.15) is 5.26 Å². The van der Waals surface area contributed by atoms with Crippen LogP contribution in [0.15, 0.2) is 24.3 Å². The molecule has 17 heavy (non-hydrogen) atoms. The maximum atomic E-state index is 9.24. The van der Waals surface area contributed by atoms with Gasteiger partial charge < -0.3 is 9.84 Å². The molecule has 0 unspecified atom stereocenters. The minimum Gasteiger partial charge on any atom is -0.508 e. The van der Waals surface area contributed by atoms with Gasteiger partial charge in [0.05, 0.1) is 18.1 Å². The number of aromatic hydroxyl groups is 1. The fourth-order valence-electron chi connectivity index (χ4n) is 1.49. The second kappa shape index (κ2) is 6.15. The van der Waals surface area contributed by atoms with E-state index in [4.69, 9.17) is 10.00 Å². The Kier molecular flexibility index (Phi) is 4.84. The lowest BCUT2D eigenvalue weighted by molar-refractivity contribution is 0.293. The highest BCUT2D eigenvalue weighted by atomic mass is 16.5. The smallest absolute Gasteiger partial charge is 0.122 e. The van der Waals surface area contributed by atoms with Gasteiger partial charge >= 0.3 is 0 Å². The number of hydrogen-bond donors (Lipinski definition) is 1. The van der Waals surface area contributed by atoms with Crippen LogP contribution in [0.1, 0.15) is 33.1 Å². The highest BCUT2D eigenvalue weighted by Gasteiger charge is 2.15. The molecule has 0 aliphatic heterocycles. The predicted octanol–water partition coefficient (Wildman–Crippen LogP) is 3.49. The largest absolute Gasteiger partial charge is 0.508 e. The Morgan fingerprint density at radius 2 is 2.12 bits per heavy atom. The molecule has 0 fully saturated rings. The van der Waals surface area contributed by atoms with E-state index in [2.05, 4.69) is 6.07 Å². The summed E-state index contributed by atoms with van der Waals surface area (Å²) in [5, 5.41) is 18.1. The number of nitrogens with zero attached hydrogens (tertiary/aromatic N) is 1. The van der Waals surface area contributed by atoms with E-state index in [1.165, 1.54) is 0 Å². The van der Waals surface area contributed by atoms with Crippen LogP contribution < -0.4 is 4.74 Å². The van der Waals surface area contributed by atoms with E-state index >= 15 is 0 Å². The summed E-state index contributed by atoms with van der Waals surface area (Å²) in [6, 6.07) is 9.07. The van der Waals surface area contributed by atoms with Crippen LogP contribution in [0.3, 0.4) is 0 Å². The number of benzene rings is 1. The van der Waals surface area contributed by atoms with Gasteiger partial charge in [-0.15, -0.1) is 0 Å². The molecule has 3 nitrogen and oxygen atoms in total. The van der Waals surface area contributed by atoms with Crippen molar-refractivity contribution in [1.29, 1.82) is 5.26 Å². The summed E-state index contributed by atoms with van der Waals surface area (Å²) in [5.41, 5.74) is -0.245. The van der Waals surface area contributed by atoms with Gasteiger partial charge in [-0.25, -0.2) is 0 Å². The zero-order chi connectivity index (χ0) is 12.7. The molecule has 1 aromatic carbocycles. The molecule has 0 saturated carbocycles. The lowest BCUT2D eigenvalue weighted by Gasteiger charge is -2.14. The van der Waals surface area contributed by atoms with E-state index in [0.29, 0.717) is 12.4 Å². The highest BCUT2D eigenvalue weighted by molar-refractivity contribution is 5.31. The molecule has 1 aromatic rings. The van der Waals surface area contributed by atoms with Crippen LogP contribution in [0.2, 0.25) is 0 Å². The Morgan fingerprint density at radius 1 is 1.35 bits per heavy atom. The van der Waals surface area contributed by atoms with Crippen molar-refractivity contribution in [3.05, 3.63) is 24.3 Å². The molecular weight excluding hydrogens is 214 g/mol. The van der Waals surface area contributed by atoms with E-state index in [1.807, 2.05) is 19.9 Å². The third kappa shape index (κ3) is 5.26. The number of unbranched alkanes of at least 4 members (excludes halogenated alkanes) is 1. The fourth-order valence-corrected chi connectivity index (χ4v) is 1.49. The fraction of sp³-hybridized carbons (Fsp3) is 0.500. The Morgan fingerprint density at radius 3 is 2.76 bits per heavy atom. The van der Waals surface area contributed by atoms with Gasteiger partial charge in [0, 0.05) is 6.07 Å². The zero-order valence-corrected chi connectivity index (χ0v) is 10.4. The van der Waals surface area contributed by atoms with Gasteiger partial charge in [0.2, 0.25) is 0 Å². The molecule has 0 radical (unpaired) electrons. The summed E-state index contributed by atoms with van der Waals surface area (Å²) in [5.74, 6) is 0.901. The van der Waals surface area contributed by atoms with Crippen molar-refractivity contribution >= 4 is 0 Å². The Bertz CT molecular complexity index is 393. The first kappa shape index (κ1) is 13.4. The van der Waals surface area contributed by atoms with Crippen molar-refractivity contribution in [1.82, 2.24) is 0 Å². The molecule has 0 aliphatic rings. The summed E-state index contributed by atoms with van der Waals surface area (Å²) < 4.78 is 5.49. The van der Waals surface area contributed by atoms with Crippen molar-refractivity contribution in [3.63, 3.8) is 0 Å². The summed E-state index contributed by atoms with van der Waals surface area (Å²) >= 11 is 0. The van der Waals surface area contributed by atoms with Crippen LogP contribution >= 0.6 is 0 Å². The highest BCUT2D eigenvalue weighted by Crippen LogP contribution is 2.22.